The summed E-state index contributed by atoms with van der Waals surface area (Å²) in [5.41, 5.74) is 4.16. The molecule has 0 fully saturated rings. The van der Waals surface area contributed by atoms with E-state index in [0.29, 0.717) is 6.42 Å². The Morgan fingerprint density at radius 3 is 2.95 bits per heavy atom. The molecule has 1 heterocycles. The SMILES string of the molecule is COc1cc(C)c2[nH]c3c(c2c1)CCCC3C(=O)O. The van der Waals surface area contributed by atoms with Gasteiger partial charge < -0.3 is 14.8 Å². The monoisotopic (exact) mass is 259 g/mol. The van der Waals surface area contributed by atoms with Gasteiger partial charge in [-0.15, -0.1) is 0 Å². The molecule has 2 N–H and O–H groups in total. The number of aromatic amines is 1. The van der Waals surface area contributed by atoms with Crippen LogP contribution in [-0.2, 0) is 11.2 Å². The Morgan fingerprint density at radius 2 is 2.26 bits per heavy atom. The van der Waals surface area contributed by atoms with E-state index in [0.717, 1.165) is 46.3 Å². The zero-order valence-corrected chi connectivity index (χ0v) is 11.1. The van der Waals surface area contributed by atoms with Crippen LogP contribution in [0.3, 0.4) is 0 Å². The fourth-order valence-electron chi connectivity index (χ4n) is 3.07. The number of nitrogens with one attached hydrogen (secondary N) is 1. The number of methoxy groups -OCH3 is 1. The lowest BCUT2D eigenvalue weighted by Gasteiger charge is -2.18. The van der Waals surface area contributed by atoms with Crippen LogP contribution in [0.15, 0.2) is 12.1 Å². The summed E-state index contributed by atoms with van der Waals surface area (Å²) in [4.78, 5) is 14.7. The molecular weight excluding hydrogens is 242 g/mol. The lowest BCUT2D eigenvalue weighted by atomic mass is 9.87. The van der Waals surface area contributed by atoms with E-state index in [9.17, 15) is 9.90 Å². The number of aliphatic carboxylic acids is 1. The Hall–Kier alpha value is -1.97. The van der Waals surface area contributed by atoms with Crippen LogP contribution in [0, 0.1) is 6.92 Å². The molecule has 0 saturated carbocycles. The first kappa shape index (κ1) is 12.1. The molecule has 1 aromatic carbocycles. The molecule has 3 rings (SSSR count). The molecule has 1 unspecified atom stereocenters. The Morgan fingerprint density at radius 1 is 1.47 bits per heavy atom. The summed E-state index contributed by atoms with van der Waals surface area (Å²) in [5.74, 6) is -0.317. The Balaban J connectivity index is 2.27. The minimum atomic E-state index is -0.739. The highest BCUT2D eigenvalue weighted by molar-refractivity contribution is 5.91. The van der Waals surface area contributed by atoms with Crippen molar-refractivity contribution in [2.45, 2.75) is 32.1 Å². The third-order valence-electron chi connectivity index (χ3n) is 4.02. The van der Waals surface area contributed by atoms with Gasteiger partial charge in [-0.2, -0.15) is 0 Å². The molecule has 0 radical (unpaired) electrons. The van der Waals surface area contributed by atoms with Crippen molar-refractivity contribution in [1.82, 2.24) is 4.98 Å². The van der Waals surface area contributed by atoms with Gasteiger partial charge in [0.2, 0.25) is 0 Å². The second kappa shape index (κ2) is 4.30. The number of H-pyrrole nitrogens is 1. The van der Waals surface area contributed by atoms with Crippen LogP contribution in [0.25, 0.3) is 10.9 Å². The lowest BCUT2D eigenvalue weighted by molar-refractivity contribution is -0.139. The van der Waals surface area contributed by atoms with Gasteiger partial charge in [-0.05, 0) is 49.4 Å². The fraction of sp³-hybridized carbons (Fsp3) is 0.400. The van der Waals surface area contributed by atoms with Crippen molar-refractivity contribution >= 4 is 16.9 Å². The predicted octanol–water partition coefficient (Wildman–Crippen LogP) is 2.99. The topological polar surface area (TPSA) is 62.3 Å². The molecule has 100 valence electrons. The van der Waals surface area contributed by atoms with Gasteiger partial charge in [0, 0.05) is 16.6 Å². The molecule has 19 heavy (non-hydrogen) atoms. The summed E-state index contributed by atoms with van der Waals surface area (Å²) < 4.78 is 5.31. The lowest BCUT2D eigenvalue weighted by Crippen LogP contribution is -2.17. The maximum Gasteiger partial charge on any atom is 0.312 e. The van der Waals surface area contributed by atoms with Crippen LogP contribution in [0.1, 0.15) is 35.6 Å². The zero-order chi connectivity index (χ0) is 13.6. The Bertz CT molecular complexity index is 657. The average Bonchev–Trinajstić information content (AvgIpc) is 2.77. The van der Waals surface area contributed by atoms with Crippen LogP contribution in [0.4, 0.5) is 0 Å². The summed E-state index contributed by atoms with van der Waals surface area (Å²) in [6, 6.07) is 3.97. The van der Waals surface area contributed by atoms with Gasteiger partial charge in [0.05, 0.1) is 13.0 Å². The smallest absolute Gasteiger partial charge is 0.312 e. The van der Waals surface area contributed by atoms with Crippen molar-refractivity contribution in [3.63, 3.8) is 0 Å². The van der Waals surface area contributed by atoms with E-state index < -0.39 is 11.9 Å². The maximum absolute atomic E-state index is 11.4. The molecule has 2 aromatic rings. The van der Waals surface area contributed by atoms with Gasteiger partial charge in [0.1, 0.15) is 5.75 Å². The second-order valence-corrected chi connectivity index (χ2v) is 5.17. The van der Waals surface area contributed by atoms with E-state index in [2.05, 4.69) is 4.98 Å². The van der Waals surface area contributed by atoms with Gasteiger partial charge in [-0.25, -0.2) is 0 Å². The quantitative estimate of drug-likeness (QED) is 0.871. The van der Waals surface area contributed by atoms with Crippen molar-refractivity contribution in [1.29, 1.82) is 0 Å². The molecular formula is C15H17NO3. The van der Waals surface area contributed by atoms with E-state index in [1.807, 2.05) is 19.1 Å². The minimum absolute atomic E-state index is 0.401. The van der Waals surface area contributed by atoms with Gasteiger partial charge >= 0.3 is 5.97 Å². The molecule has 1 aliphatic carbocycles. The van der Waals surface area contributed by atoms with Gasteiger partial charge in [0.25, 0.3) is 0 Å². The number of aromatic nitrogens is 1. The van der Waals surface area contributed by atoms with Gasteiger partial charge in [-0.3, -0.25) is 4.79 Å². The molecule has 1 aliphatic rings. The summed E-state index contributed by atoms with van der Waals surface area (Å²) in [7, 11) is 1.65. The Labute approximate surface area is 111 Å². The van der Waals surface area contributed by atoms with E-state index in [4.69, 9.17) is 4.74 Å². The number of aryl methyl sites for hydroxylation is 2. The number of hydrogen-bond donors (Lipinski definition) is 2. The molecule has 4 heteroatoms. The van der Waals surface area contributed by atoms with Crippen LogP contribution in [0.5, 0.6) is 5.75 Å². The summed E-state index contributed by atoms with van der Waals surface area (Å²) in [6.45, 7) is 2.02. The highest BCUT2D eigenvalue weighted by Gasteiger charge is 2.29. The first-order valence-corrected chi connectivity index (χ1v) is 6.53. The molecule has 1 aromatic heterocycles. The molecule has 0 saturated heterocycles. The van der Waals surface area contributed by atoms with Crippen molar-refractivity contribution in [3.05, 3.63) is 29.0 Å². The van der Waals surface area contributed by atoms with Crippen molar-refractivity contribution < 1.29 is 14.6 Å². The van der Waals surface area contributed by atoms with Crippen LogP contribution < -0.4 is 4.74 Å². The highest BCUT2D eigenvalue weighted by Crippen LogP contribution is 2.38. The summed E-state index contributed by atoms with van der Waals surface area (Å²) in [5, 5.41) is 10.4. The minimum Gasteiger partial charge on any atom is -0.497 e. The Kier molecular flexibility index (Phi) is 2.73. The molecule has 1 atom stereocenters. The molecule has 0 bridgehead atoms. The van der Waals surface area contributed by atoms with Crippen molar-refractivity contribution in [2.75, 3.05) is 7.11 Å². The van der Waals surface area contributed by atoms with Gasteiger partial charge in [0.15, 0.2) is 0 Å². The third kappa shape index (κ3) is 1.79. The van der Waals surface area contributed by atoms with E-state index in [-0.39, 0.29) is 0 Å². The standard InChI is InChI=1S/C15H17NO3/c1-8-6-9(19-2)7-12-10-4-3-5-11(15(17)18)14(10)16-13(8)12/h6-7,11,16H,3-5H2,1-2H3,(H,17,18). The van der Waals surface area contributed by atoms with E-state index in [1.54, 1.807) is 7.11 Å². The number of carbonyl (C=O) groups is 1. The zero-order valence-electron chi connectivity index (χ0n) is 11.1. The fourth-order valence-corrected chi connectivity index (χ4v) is 3.07. The highest BCUT2D eigenvalue weighted by atomic mass is 16.5. The van der Waals surface area contributed by atoms with Crippen LogP contribution in [0.2, 0.25) is 0 Å². The van der Waals surface area contributed by atoms with Crippen molar-refractivity contribution in [2.24, 2.45) is 0 Å². The number of benzene rings is 1. The summed E-state index contributed by atoms with van der Waals surface area (Å²) in [6.07, 6.45) is 2.57. The second-order valence-electron chi connectivity index (χ2n) is 5.17. The first-order valence-electron chi connectivity index (χ1n) is 6.53. The first-order chi connectivity index (χ1) is 9.11. The number of fused-ring (bicyclic) bond motifs is 3. The number of hydrogen-bond acceptors (Lipinski definition) is 2. The molecule has 0 aliphatic heterocycles. The average molecular weight is 259 g/mol. The largest absolute Gasteiger partial charge is 0.497 e. The maximum atomic E-state index is 11.4. The van der Waals surface area contributed by atoms with Crippen molar-refractivity contribution in [3.8, 4) is 5.75 Å². The number of carboxylic acids is 1. The third-order valence-corrected chi connectivity index (χ3v) is 4.02. The van der Waals surface area contributed by atoms with Crippen LogP contribution in [-0.4, -0.2) is 23.2 Å². The van der Waals surface area contributed by atoms with Crippen LogP contribution >= 0.6 is 0 Å². The van der Waals surface area contributed by atoms with Gasteiger partial charge in [-0.1, -0.05) is 0 Å². The molecule has 0 amide bonds. The van der Waals surface area contributed by atoms with E-state index in [1.165, 1.54) is 0 Å². The number of rotatable bonds is 2. The number of carboxylic acid groups (broad SMARTS) is 1. The summed E-state index contributed by atoms with van der Waals surface area (Å²) >= 11 is 0. The molecule has 0 spiro atoms. The van der Waals surface area contributed by atoms with E-state index >= 15 is 0 Å². The molecule has 4 nitrogen and oxygen atoms in total. The normalized spacial score (nSPS) is 18.3. The number of ether oxygens (including phenoxy) is 1. The predicted molar refractivity (Wildman–Crippen MR) is 72.9 cm³/mol.